The van der Waals surface area contributed by atoms with Crippen LogP contribution in [0.2, 0.25) is 0 Å². The molecule has 0 amide bonds. The van der Waals surface area contributed by atoms with Crippen LogP contribution in [-0.2, 0) is 5.60 Å². The van der Waals surface area contributed by atoms with Crippen molar-refractivity contribution in [3.05, 3.63) is 29.8 Å². The average molecular weight is 178 g/mol. The first-order chi connectivity index (χ1) is 6.10. The van der Waals surface area contributed by atoms with Crippen LogP contribution in [0, 0.1) is 5.92 Å². The molecular formula is C11H14O2. The van der Waals surface area contributed by atoms with Gasteiger partial charge in [-0.3, -0.25) is 0 Å². The number of aromatic hydroxyl groups is 1. The molecule has 1 saturated carbocycles. The molecule has 70 valence electrons. The largest absolute Gasteiger partial charge is 0.508 e. The van der Waals surface area contributed by atoms with Crippen molar-refractivity contribution in [3.8, 4) is 5.75 Å². The van der Waals surface area contributed by atoms with Crippen molar-refractivity contribution in [1.82, 2.24) is 0 Å². The van der Waals surface area contributed by atoms with Crippen LogP contribution in [0.25, 0.3) is 0 Å². The fourth-order valence-corrected chi connectivity index (χ4v) is 1.68. The van der Waals surface area contributed by atoms with Gasteiger partial charge in [0.25, 0.3) is 0 Å². The van der Waals surface area contributed by atoms with Crippen LogP contribution in [-0.4, -0.2) is 10.2 Å². The van der Waals surface area contributed by atoms with Gasteiger partial charge >= 0.3 is 0 Å². The summed E-state index contributed by atoms with van der Waals surface area (Å²) in [5, 5.41) is 19.2. The molecule has 0 saturated heterocycles. The van der Waals surface area contributed by atoms with E-state index in [1.807, 2.05) is 6.92 Å². The molecule has 1 aliphatic rings. The van der Waals surface area contributed by atoms with Gasteiger partial charge in [0.2, 0.25) is 0 Å². The molecule has 0 aliphatic heterocycles. The van der Waals surface area contributed by atoms with Crippen LogP contribution >= 0.6 is 0 Å². The van der Waals surface area contributed by atoms with Crippen molar-refractivity contribution in [2.75, 3.05) is 0 Å². The minimum atomic E-state index is -0.715. The van der Waals surface area contributed by atoms with E-state index in [9.17, 15) is 5.11 Å². The molecule has 1 unspecified atom stereocenters. The number of rotatable bonds is 2. The van der Waals surface area contributed by atoms with Gasteiger partial charge in [-0.2, -0.15) is 0 Å². The molecule has 1 aliphatic carbocycles. The van der Waals surface area contributed by atoms with Crippen LogP contribution in [0.3, 0.4) is 0 Å². The second-order valence-corrected chi connectivity index (χ2v) is 3.97. The van der Waals surface area contributed by atoms with Crippen molar-refractivity contribution < 1.29 is 10.2 Å². The van der Waals surface area contributed by atoms with Crippen LogP contribution in [0.1, 0.15) is 25.3 Å². The first kappa shape index (κ1) is 8.57. The minimum absolute atomic E-state index is 0.246. The zero-order valence-electron chi connectivity index (χ0n) is 7.70. The van der Waals surface area contributed by atoms with Crippen molar-refractivity contribution in [3.63, 3.8) is 0 Å². The van der Waals surface area contributed by atoms with Gasteiger partial charge in [-0.15, -0.1) is 0 Å². The standard InChI is InChI=1S/C11H14O2/c1-11(13,8-2-3-8)9-4-6-10(12)7-5-9/h4-8,12-13H,2-3H2,1H3. The monoisotopic (exact) mass is 178 g/mol. The second kappa shape index (κ2) is 2.74. The number of phenols is 1. The Morgan fingerprint density at radius 2 is 1.77 bits per heavy atom. The maximum Gasteiger partial charge on any atom is 0.115 e. The zero-order chi connectivity index (χ0) is 9.47. The summed E-state index contributed by atoms with van der Waals surface area (Å²) in [4.78, 5) is 0. The SMILES string of the molecule is CC(O)(c1ccc(O)cc1)C1CC1. The third kappa shape index (κ3) is 1.54. The van der Waals surface area contributed by atoms with Crippen molar-refractivity contribution in [2.24, 2.45) is 5.92 Å². The summed E-state index contributed by atoms with van der Waals surface area (Å²) < 4.78 is 0. The highest BCUT2D eigenvalue weighted by molar-refractivity contribution is 5.30. The fraction of sp³-hybridized carbons (Fsp3) is 0.455. The molecule has 1 atom stereocenters. The zero-order valence-corrected chi connectivity index (χ0v) is 7.70. The third-order valence-electron chi connectivity index (χ3n) is 2.82. The summed E-state index contributed by atoms with van der Waals surface area (Å²) in [5.41, 5.74) is 0.182. The van der Waals surface area contributed by atoms with E-state index in [0.29, 0.717) is 5.92 Å². The number of hydrogen-bond acceptors (Lipinski definition) is 2. The van der Waals surface area contributed by atoms with Crippen LogP contribution in [0.4, 0.5) is 0 Å². The maximum atomic E-state index is 10.1. The Bertz CT molecular complexity index is 296. The molecule has 0 radical (unpaired) electrons. The Morgan fingerprint density at radius 1 is 1.23 bits per heavy atom. The summed E-state index contributed by atoms with van der Waals surface area (Å²) in [6.07, 6.45) is 2.21. The molecule has 2 N–H and O–H groups in total. The lowest BCUT2D eigenvalue weighted by Gasteiger charge is -2.23. The number of phenolic OH excluding ortho intramolecular Hbond substituents is 1. The van der Waals surface area contributed by atoms with Gasteiger partial charge < -0.3 is 10.2 Å². The van der Waals surface area contributed by atoms with Crippen LogP contribution in [0.15, 0.2) is 24.3 Å². The van der Waals surface area contributed by atoms with E-state index in [1.165, 1.54) is 0 Å². The van der Waals surface area contributed by atoms with Gasteiger partial charge in [0, 0.05) is 0 Å². The Labute approximate surface area is 77.8 Å². The lowest BCUT2D eigenvalue weighted by atomic mass is 9.91. The third-order valence-corrected chi connectivity index (χ3v) is 2.82. The molecular weight excluding hydrogens is 164 g/mol. The number of benzene rings is 1. The molecule has 1 aromatic rings. The molecule has 0 spiro atoms. The van der Waals surface area contributed by atoms with E-state index in [1.54, 1.807) is 24.3 Å². The summed E-state index contributed by atoms with van der Waals surface area (Å²) in [5.74, 6) is 0.646. The van der Waals surface area contributed by atoms with E-state index in [-0.39, 0.29) is 5.75 Å². The molecule has 0 aromatic heterocycles. The first-order valence-electron chi connectivity index (χ1n) is 4.62. The fourth-order valence-electron chi connectivity index (χ4n) is 1.68. The smallest absolute Gasteiger partial charge is 0.115 e. The molecule has 2 heteroatoms. The molecule has 13 heavy (non-hydrogen) atoms. The minimum Gasteiger partial charge on any atom is -0.508 e. The summed E-state index contributed by atoms with van der Waals surface area (Å²) in [7, 11) is 0. The molecule has 1 fully saturated rings. The highest BCUT2D eigenvalue weighted by Crippen LogP contribution is 2.45. The highest BCUT2D eigenvalue weighted by Gasteiger charge is 2.40. The van der Waals surface area contributed by atoms with E-state index in [4.69, 9.17) is 5.11 Å². The average Bonchev–Trinajstić information content (AvgIpc) is 2.87. The van der Waals surface area contributed by atoms with E-state index >= 15 is 0 Å². The first-order valence-corrected chi connectivity index (χ1v) is 4.62. The molecule has 1 aromatic carbocycles. The van der Waals surface area contributed by atoms with Gasteiger partial charge in [-0.1, -0.05) is 12.1 Å². The molecule has 2 nitrogen and oxygen atoms in total. The molecule has 0 heterocycles. The quantitative estimate of drug-likeness (QED) is 0.727. The number of aliphatic hydroxyl groups is 1. The number of hydrogen-bond donors (Lipinski definition) is 2. The van der Waals surface area contributed by atoms with Gasteiger partial charge in [0.1, 0.15) is 5.75 Å². The van der Waals surface area contributed by atoms with Crippen molar-refractivity contribution in [2.45, 2.75) is 25.4 Å². The van der Waals surface area contributed by atoms with Gasteiger partial charge in [-0.25, -0.2) is 0 Å². The Morgan fingerprint density at radius 3 is 2.23 bits per heavy atom. The van der Waals surface area contributed by atoms with Crippen molar-refractivity contribution >= 4 is 0 Å². The summed E-state index contributed by atoms with van der Waals surface area (Å²) in [6, 6.07) is 6.81. The van der Waals surface area contributed by atoms with Gasteiger partial charge in [0.15, 0.2) is 0 Å². The maximum absolute atomic E-state index is 10.1. The van der Waals surface area contributed by atoms with E-state index < -0.39 is 5.60 Å². The van der Waals surface area contributed by atoms with E-state index in [0.717, 1.165) is 18.4 Å². The van der Waals surface area contributed by atoms with Gasteiger partial charge in [0.05, 0.1) is 5.60 Å². The second-order valence-electron chi connectivity index (χ2n) is 3.97. The summed E-state index contributed by atoms with van der Waals surface area (Å²) in [6.45, 7) is 1.84. The predicted molar refractivity (Wildman–Crippen MR) is 50.4 cm³/mol. The Balaban J connectivity index is 2.28. The lowest BCUT2D eigenvalue weighted by Crippen LogP contribution is -2.23. The topological polar surface area (TPSA) is 40.5 Å². The molecule has 2 rings (SSSR count). The van der Waals surface area contributed by atoms with Crippen LogP contribution in [0.5, 0.6) is 5.75 Å². The van der Waals surface area contributed by atoms with Crippen molar-refractivity contribution in [1.29, 1.82) is 0 Å². The highest BCUT2D eigenvalue weighted by atomic mass is 16.3. The Hall–Kier alpha value is -1.02. The summed E-state index contributed by atoms with van der Waals surface area (Å²) >= 11 is 0. The predicted octanol–water partition coefficient (Wildman–Crippen LogP) is 2.01. The Kier molecular flexibility index (Phi) is 1.81. The van der Waals surface area contributed by atoms with Crippen LogP contribution < -0.4 is 0 Å². The lowest BCUT2D eigenvalue weighted by molar-refractivity contribution is 0.0330. The van der Waals surface area contributed by atoms with E-state index in [2.05, 4.69) is 0 Å². The molecule has 0 bridgehead atoms. The normalized spacial score (nSPS) is 21.1. The van der Waals surface area contributed by atoms with Gasteiger partial charge in [-0.05, 0) is 43.4 Å².